The highest BCUT2D eigenvalue weighted by Gasteiger charge is 2.11. The van der Waals surface area contributed by atoms with Crippen molar-refractivity contribution in [3.63, 3.8) is 0 Å². The lowest BCUT2D eigenvalue weighted by Crippen LogP contribution is -1.96. The van der Waals surface area contributed by atoms with E-state index in [0.717, 1.165) is 12.3 Å². The number of hydrogen-bond acceptors (Lipinski definition) is 3. The van der Waals surface area contributed by atoms with Gasteiger partial charge in [0, 0.05) is 17.8 Å². The number of nitrogen functional groups attached to an aromatic ring is 1. The number of nitrogens with zero attached hydrogens (tertiary/aromatic N) is 1. The summed E-state index contributed by atoms with van der Waals surface area (Å²) in [6.07, 6.45) is 0.771. The monoisotopic (exact) mass is 240 g/mol. The van der Waals surface area contributed by atoms with Crippen LogP contribution in [0.4, 0.5) is 18.9 Å². The fraction of sp³-hybridized carbons (Fsp3) is 0. The first kappa shape index (κ1) is 11.3. The van der Waals surface area contributed by atoms with Crippen molar-refractivity contribution >= 4 is 5.69 Å². The van der Waals surface area contributed by atoms with Crippen LogP contribution in [0.25, 0.3) is 0 Å². The molecule has 0 bridgehead atoms. The number of ether oxygens (including phenoxy) is 1. The summed E-state index contributed by atoms with van der Waals surface area (Å²) in [5, 5.41) is 0. The van der Waals surface area contributed by atoms with Gasteiger partial charge in [-0.3, -0.25) is 0 Å². The molecule has 0 saturated carbocycles. The highest BCUT2D eigenvalue weighted by molar-refractivity contribution is 5.43. The zero-order chi connectivity index (χ0) is 12.4. The molecule has 0 saturated heterocycles. The number of benzene rings is 1. The van der Waals surface area contributed by atoms with E-state index in [-0.39, 0.29) is 11.4 Å². The Morgan fingerprint density at radius 2 is 1.82 bits per heavy atom. The molecule has 0 atom stereocenters. The molecular weight excluding hydrogens is 233 g/mol. The molecular formula is C11H7F3N2O. The van der Waals surface area contributed by atoms with Gasteiger partial charge in [0.25, 0.3) is 5.88 Å². The fourth-order valence-corrected chi connectivity index (χ4v) is 1.18. The lowest BCUT2D eigenvalue weighted by atomic mass is 10.3. The molecule has 0 aliphatic heterocycles. The van der Waals surface area contributed by atoms with Crippen LogP contribution in [0.2, 0.25) is 0 Å². The standard InChI is InChI=1S/C11H7F3N2O/c12-6-3-9(14)11(16-5-6)17-10-2-1-7(15)4-8(10)13/h1-5H,15H2. The Bertz CT molecular complexity index is 511. The van der Waals surface area contributed by atoms with E-state index in [4.69, 9.17) is 10.5 Å². The molecule has 1 heterocycles. The van der Waals surface area contributed by atoms with E-state index in [1.807, 2.05) is 0 Å². The summed E-state index contributed by atoms with van der Waals surface area (Å²) in [5.41, 5.74) is 5.55. The molecule has 6 heteroatoms. The van der Waals surface area contributed by atoms with Crippen LogP contribution in [0.3, 0.4) is 0 Å². The largest absolute Gasteiger partial charge is 0.433 e. The Hall–Kier alpha value is -2.24. The second-order valence-electron chi connectivity index (χ2n) is 3.23. The summed E-state index contributed by atoms with van der Waals surface area (Å²) >= 11 is 0. The highest BCUT2D eigenvalue weighted by Crippen LogP contribution is 2.26. The molecule has 2 N–H and O–H groups in total. The van der Waals surface area contributed by atoms with Crippen molar-refractivity contribution < 1.29 is 17.9 Å². The van der Waals surface area contributed by atoms with Crippen LogP contribution in [0, 0.1) is 17.5 Å². The molecule has 0 amide bonds. The van der Waals surface area contributed by atoms with Crippen LogP contribution < -0.4 is 10.5 Å². The zero-order valence-corrected chi connectivity index (χ0v) is 8.45. The maximum atomic E-state index is 13.3. The van der Waals surface area contributed by atoms with Gasteiger partial charge >= 0.3 is 0 Å². The summed E-state index contributed by atoms with van der Waals surface area (Å²) in [5.74, 6) is -3.35. The molecule has 0 radical (unpaired) electrons. The normalized spacial score (nSPS) is 10.3. The van der Waals surface area contributed by atoms with Gasteiger partial charge in [-0.2, -0.15) is 0 Å². The number of hydrogen-bond donors (Lipinski definition) is 1. The molecule has 0 unspecified atom stereocenters. The molecule has 0 aliphatic carbocycles. The average Bonchev–Trinajstić information content (AvgIpc) is 2.25. The summed E-state index contributed by atoms with van der Waals surface area (Å²) in [6.45, 7) is 0. The SMILES string of the molecule is Nc1ccc(Oc2ncc(F)cc2F)c(F)c1. The van der Waals surface area contributed by atoms with Gasteiger partial charge in [-0.05, 0) is 12.1 Å². The summed E-state index contributed by atoms with van der Waals surface area (Å²) in [4.78, 5) is 3.37. The molecule has 2 aromatic rings. The van der Waals surface area contributed by atoms with Gasteiger partial charge in [0.05, 0.1) is 6.20 Å². The van der Waals surface area contributed by atoms with Gasteiger partial charge < -0.3 is 10.5 Å². The van der Waals surface area contributed by atoms with Gasteiger partial charge in [-0.15, -0.1) is 0 Å². The smallest absolute Gasteiger partial charge is 0.256 e. The summed E-state index contributed by atoms with van der Waals surface area (Å²) < 4.78 is 43.9. The Morgan fingerprint density at radius 1 is 1.06 bits per heavy atom. The number of rotatable bonds is 2. The fourth-order valence-electron chi connectivity index (χ4n) is 1.18. The maximum absolute atomic E-state index is 13.3. The van der Waals surface area contributed by atoms with Gasteiger partial charge in [0.1, 0.15) is 5.82 Å². The van der Waals surface area contributed by atoms with Crippen LogP contribution in [0.1, 0.15) is 0 Å². The minimum Gasteiger partial charge on any atom is -0.433 e. The number of aromatic nitrogens is 1. The van der Waals surface area contributed by atoms with Gasteiger partial charge in [0.15, 0.2) is 17.4 Å². The van der Waals surface area contributed by atoms with Crippen LogP contribution >= 0.6 is 0 Å². The summed E-state index contributed by atoms with van der Waals surface area (Å²) in [6, 6.07) is 4.24. The van der Waals surface area contributed by atoms with E-state index >= 15 is 0 Å². The Morgan fingerprint density at radius 3 is 2.47 bits per heavy atom. The third-order valence-corrected chi connectivity index (χ3v) is 1.94. The van der Waals surface area contributed by atoms with Crippen molar-refractivity contribution in [1.29, 1.82) is 0 Å². The molecule has 2 rings (SSSR count). The van der Waals surface area contributed by atoms with E-state index < -0.39 is 23.3 Å². The lowest BCUT2D eigenvalue weighted by Gasteiger charge is -2.06. The van der Waals surface area contributed by atoms with Crippen molar-refractivity contribution in [2.45, 2.75) is 0 Å². The predicted octanol–water partition coefficient (Wildman–Crippen LogP) is 2.87. The third-order valence-electron chi connectivity index (χ3n) is 1.94. The van der Waals surface area contributed by atoms with Crippen molar-refractivity contribution in [3.05, 3.63) is 47.9 Å². The Kier molecular flexibility index (Phi) is 2.86. The van der Waals surface area contributed by atoms with E-state index in [9.17, 15) is 13.2 Å². The molecule has 0 aliphatic rings. The number of pyridine rings is 1. The first-order chi connectivity index (χ1) is 8.06. The van der Waals surface area contributed by atoms with Crippen LogP contribution in [-0.4, -0.2) is 4.98 Å². The zero-order valence-electron chi connectivity index (χ0n) is 8.45. The van der Waals surface area contributed by atoms with Crippen LogP contribution in [0.5, 0.6) is 11.6 Å². The summed E-state index contributed by atoms with van der Waals surface area (Å²) in [7, 11) is 0. The first-order valence-electron chi connectivity index (χ1n) is 4.60. The topological polar surface area (TPSA) is 48.1 Å². The van der Waals surface area contributed by atoms with E-state index in [0.29, 0.717) is 6.07 Å². The van der Waals surface area contributed by atoms with Gasteiger partial charge in [-0.1, -0.05) is 0 Å². The van der Waals surface area contributed by atoms with Gasteiger partial charge in [0.2, 0.25) is 0 Å². The molecule has 1 aromatic carbocycles. The number of nitrogens with two attached hydrogens (primary N) is 1. The number of anilines is 1. The van der Waals surface area contributed by atoms with Crippen molar-refractivity contribution in [1.82, 2.24) is 4.98 Å². The van der Waals surface area contributed by atoms with Crippen molar-refractivity contribution in [2.24, 2.45) is 0 Å². The molecule has 88 valence electrons. The minimum absolute atomic E-state index is 0.211. The molecule has 0 fully saturated rings. The number of halogens is 3. The molecule has 3 nitrogen and oxygen atoms in total. The second kappa shape index (κ2) is 4.32. The minimum atomic E-state index is -1.01. The van der Waals surface area contributed by atoms with Gasteiger partial charge in [-0.25, -0.2) is 18.2 Å². The highest BCUT2D eigenvalue weighted by atomic mass is 19.1. The van der Waals surface area contributed by atoms with Crippen molar-refractivity contribution in [2.75, 3.05) is 5.73 Å². The lowest BCUT2D eigenvalue weighted by molar-refractivity contribution is 0.394. The molecule has 1 aromatic heterocycles. The third kappa shape index (κ3) is 2.47. The average molecular weight is 240 g/mol. The van der Waals surface area contributed by atoms with Crippen molar-refractivity contribution in [3.8, 4) is 11.6 Å². The Balaban J connectivity index is 2.31. The van der Waals surface area contributed by atoms with E-state index in [1.54, 1.807) is 0 Å². The predicted molar refractivity (Wildman–Crippen MR) is 55.0 cm³/mol. The first-order valence-corrected chi connectivity index (χ1v) is 4.60. The Labute approximate surface area is 94.7 Å². The van der Waals surface area contributed by atoms with E-state index in [1.165, 1.54) is 12.1 Å². The van der Waals surface area contributed by atoms with Crippen LogP contribution in [0.15, 0.2) is 30.5 Å². The molecule has 0 spiro atoms. The van der Waals surface area contributed by atoms with E-state index in [2.05, 4.69) is 4.98 Å². The molecule has 17 heavy (non-hydrogen) atoms. The quantitative estimate of drug-likeness (QED) is 0.821. The van der Waals surface area contributed by atoms with Crippen LogP contribution in [-0.2, 0) is 0 Å². The second-order valence-corrected chi connectivity index (χ2v) is 3.23. The maximum Gasteiger partial charge on any atom is 0.256 e.